The van der Waals surface area contributed by atoms with Crippen LogP contribution in [0.4, 0.5) is 17.1 Å². The minimum atomic E-state index is -0.405. The first-order valence-corrected chi connectivity index (χ1v) is 16.4. The molecule has 1 nitrogen and oxygen atoms in total. The Morgan fingerprint density at radius 3 is 1.85 bits per heavy atom. The van der Waals surface area contributed by atoms with Crippen LogP contribution >= 0.6 is 0 Å². The third-order valence-electron chi connectivity index (χ3n) is 10.5. The van der Waals surface area contributed by atoms with E-state index in [1.54, 1.807) is 0 Å². The fourth-order valence-corrected chi connectivity index (χ4v) is 8.61. The van der Waals surface area contributed by atoms with Crippen molar-refractivity contribution in [3.05, 3.63) is 198 Å². The maximum absolute atomic E-state index is 2.50. The molecule has 0 N–H and O–H groups in total. The lowest BCUT2D eigenvalue weighted by Crippen LogP contribution is -2.26. The van der Waals surface area contributed by atoms with Crippen LogP contribution in [-0.4, -0.2) is 0 Å². The lowest BCUT2D eigenvalue weighted by molar-refractivity contribution is 0.802. The second kappa shape index (κ2) is 9.79. The van der Waals surface area contributed by atoms with Crippen molar-refractivity contribution >= 4 is 38.6 Å². The van der Waals surface area contributed by atoms with Crippen molar-refractivity contribution in [2.24, 2.45) is 0 Å². The van der Waals surface area contributed by atoms with Crippen molar-refractivity contribution in [2.75, 3.05) is 4.90 Å². The van der Waals surface area contributed by atoms with Crippen LogP contribution in [0.25, 0.3) is 43.8 Å². The largest absolute Gasteiger partial charge is 0.310 e. The van der Waals surface area contributed by atoms with Crippen molar-refractivity contribution in [3.8, 4) is 22.3 Å². The number of para-hydroxylation sites is 2. The van der Waals surface area contributed by atoms with Gasteiger partial charge in [0.05, 0.1) is 5.41 Å². The van der Waals surface area contributed by atoms with Gasteiger partial charge in [0.2, 0.25) is 0 Å². The van der Waals surface area contributed by atoms with Gasteiger partial charge in [-0.05, 0) is 121 Å². The second-order valence-corrected chi connectivity index (χ2v) is 12.9. The van der Waals surface area contributed by atoms with E-state index in [1.807, 2.05) is 0 Å². The van der Waals surface area contributed by atoms with E-state index in [9.17, 15) is 0 Å². The molecule has 8 aromatic rings. The van der Waals surface area contributed by atoms with Gasteiger partial charge < -0.3 is 4.90 Å². The third-order valence-corrected chi connectivity index (χ3v) is 10.5. The maximum Gasteiger partial charge on any atom is 0.0731 e. The first-order valence-electron chi connectivity index (χ1n) is 16.4. The molecule has 47 heavy (non-hydrogen) atoms. The van der Waals surface area contributed by atoms with Crippen LogP contribution in [-0.2, 0) is 5.41 Å². The smallest absolute Gasteiger partial charge is 0.0731 e. The minimum Gasteiger partial charge on any atom is -0.310 e. The molecule has 0 fully saturated rings. The van der Waals surface area contributed by atoms with Crippen LogP contribution in [0.2, 0.25) is 0 Å². The quantitative estimate of drug-likeness (QED) is 0.196. The van der Waals surface area contributed by atoms with Gasteiger partial charge in [-0.1, -0.05) is 127 Å². The summed E-state index contributed by atoms with van der Waals surface area (Å²) in [6.45, 7) is 2.19. The summed E-state index contributed by atoms with van der Waals surface area (Å²) in [5.41, 5.74) is 15.2. The molecule has 0 radical (unpaired) electrons. The Morgan fingerprint density at radius 1 is 0.404 bits per heavy atom. The summed E-state index contributed by atoms with van der Waals surface area (Å²) < 4.78 is 0. The summed E-state index contributed by atoms with van der Waals surface area (Å²) in [5.74, 6) is 0. The van der Waals surface area contributed by atoms with Gasteiger partial charge in [0.1, 0.15) is 0 Å². The molecule has 0 saturated carbocycles. The molecule has 220 valence electrons. The molecule has 2 aliphatic carbocycles. The van der Waals surface area contributed by atoms with Crippen molar-refractivity contribution < 1.29 is 0 Å². The van der Waals surface area contributed by atoms with E-state index >= 15 is 0 Å². The fourth-order valence-electron chi connectivity index (χ4n) is 8.61. The van der Waals surface area contributed by atoms with Crippen LogP contribution < -0.4 is 4.90 Å². The average Bonchev–Trinajstić information content (AvgIpc) is 3.59. The fraction of sp³-hybridized carbons (Fsp3) is 0.0435. The molecule has 0 amide bonds. The molecule has 2 aliphatic rings. The SMILES string of the molecule is Cc1ccccc1N(c1ccccc1)c1ccc2cc3c(cc2c1)C1(c2ccccc2-c2ccccc21)c1c-3ccc2ccccc12. The highest BCUT2D eigenvalue weighted by molar-refractivity contribution is 6.06. The van der Waals surface area contributed by atoms with Crippen molar-refractivity contribution in [3.63, 3.8) is 0 Å². The van der Waals surface area contributed by atoms with E-state index < -0.39 is 5.41 Å². The van der Waals surface area contributed by atoms with Gasteiger partial charge in [-0.25, -0.2) is 0 Å². The number of hydrogen-bond donors (Lipinski definition) is 0. The maximum atomic E-state index is 2.50. The average molecular weight is 598 g/mol. The van der Waals surface area contributed by atoms with E-state index in [0.717, 1.165) is 11.4 Å². The third kappa shape index (κ3) is 3.54. The highest BCUT2D eigenvalue weighted by atomic mass is 15.1. The van der Waals surface area contributed by atoms with Gasteiger partial charge in [0.15, 0.2) is 0 Å². The molecule has 0 aromatic heterocycles. The van der Waals surface area contributed by atoms with Crippen LogP contribution in [0.3, 0.4) is 0 Å². The Bertz CT molecular complexity index is 2500. The van der Waals surface area contributed by atoms with Gasteiger partial charge >= 0.3 is 0 Å². The lowest BCUT2D eigenvalue weighted by atomic mass is 9.69. The molecule has 0 saturated heterocycles. The molecule has 1 spiro atoms. The van der Waals surface area contributed by atoms with E-state index in [0.29, 0.717) is 0 Å². The van der Waals surface area contributed by atoms with E-state index in [-0.39, 0.29) is 0 Å². The number of hydrogen-bond acceptors (Lipinski definition) is 1. The van der Waals surface area contributed by atoms with Crippen LogP contribution in [0.1, 0.15) is 27.8 Å². The molecule has 0 heterocycles. The zero-order valence-corrected chi connectivity index (χ0v) is 26.1. The molecular weight excluding hydrogens is 567 g/mol. The van der Waals surface area contributed by atoms with Crippen LogP contribution in [0.5, 0.6) is 0 Å². The monoisotopic (exact) mass is 597 g/mol. The normalized spacial score (nSPS) is 13.4. The summed E-state index contributed by atoms with van der Waals surface area (Å²) in [6, 6.07) is 63.1. The highest BCUT2D eigenvalue weighted by Crippen LogP contribution is 2.64. The Hall–Kier alpha value is -5.92. The first-order chi connectivity index (χ1) is 23.2. The Balaban J connectivity index is 1.30. The second-order valence-electron chi connectivity index (χ2n) is 12.9. The molecule has 0 unspecified atom stereocenters. The van der Waals surface area contributed by atoms with E-state index in [1.165, 1.54) is 77.3 Å². The summed E-state index contributed by atoms with van der Waals surface area (Å²) in [4.78, 5) is 2.39. The predicted octanol–water partition coefficient (Wildman–Crippen LogP) is 12.1. The summed E-state index contributed by atoms with van der Waals surface area (Å²) in [5, 5.41) is 5.10. The van der Waals surface area contributed by atoms with Crippen molar-refractivity contribution in [1.82, 2.24) is 0 Å². The number of aryl methyl sites for hydroxylation is 1. The summed E-state index contributed by atoms with van der Waals surface area (Å²) in [7, 11) is 0. The molecule has 0 aliphatic heterocycles. The first kappa shape index (κ1) is 26.3. The zero-order valence-electron chi connectivity index (χ0n) is 26.1. The van der Waals surface area contributed by atoms with Gasteiger partial charge in [0, 0.05) is 17.1 Å². The summed E-state index contributed by atoms with van der Waals surface area (Å²) in [6.07, 6.45) is 0. The highest BCUT2D eigenvalue weighted by Gasteiger charge is 2.52. The van der Waals surface area contributed by atoms with Crippen LogP contribution in [0, 0.1) is 6.92 Å². The van der Waals surface area contributed by atoms with E-state index in [2.05, 4.69) is 182 Å². The lowest BCUT2D eigenvalue weighted by Gasteiger charge is -2.31. The number of rotatable bonds is 3. The predicted molar refractivity (Wildman–Crippen MR) is 197 cm³/mol. The Morgan fingerprint density at radius 2 is 1.06 bits per heavy atom. The standard InChI is InChI=1S/C46H31N/c1-30-13-5-12-22-44(30)47(34-15-3-2-4-16-34)35-25-23-32-28-40-39-26-24-31-14-6-7-17-36(31)45(39)46(43(40)29-33(32)27-35)41-20-10-8-18-37(41)38-19-9-11-21-42(38)46/h2-29H,1H3. The van der Waals surface area contributed by atoms with Crippen molar-refractivity contribution in [1.29, 1.82) is 0 Å². The topological polar surface area (TPSA) is 3.24 Å². The molecule has 1 heteroatoms. The van der Waals surface area contributed by atoms with Gasteiger partial charge in [-0.3, -0.25) is 0 Å². The van der Waals surface area contributed by atoms with Gasteiger partial charge in [0.25, 0.3) is 0 Å². The number of benzene rings is 8. The van der Waals surface area contributed by atoms with Gasteiger partial charge in [-0.2, -0.15) is 0 Å². The number of anilines is 3. The van der Waals surface area contributed by atoms with Gasteiger partial charge in [-0.15, -0.1) is 0 Å². The number of fused-ring (bicyclic) bond motifs is 13. The summed E-state index contributed by atoms with van der Waals surface area (Å²) >= 11 is 0. The Labute approximate surface area is 275 Å². The zero-order chi connectivity index (χ0) is 31.1. The molecule has 0 atom stereocenters. The number of nitrogens with zero attached hydrogens (tertiary/aromatic N) is 1. The van der Waals surface area contributed by atoms with Crippen LogP contribution in [0.15, 0.2) is 170 Å². The molecule has 0 bridgehead atoms. The Kier molecular flexibility index (Phi) is 5.48. The van der Waals surface area contributed by atoms with E-state index in [4.69, 9.17) is 0 Å². The molecule has 8 aromatic carbocycles. The van der Waals surface area contributed by atoms with Crippen molar-refractivity contribution in [2.45, 2.75) is 12.3 Å². The minimum absolute atomic E-state index is 0.405. The molecular formula is C46H31N. The molecule has 10 rings (SSSR count).